The zero-order valence-corrected chi connectivity index (χ0v) is 16.5. The summed E-state index contributed by atoms with van der Waals surface area (Å²) in [5.41, 5.74) is 1.65. The van der Waals surface area contributed by atoms with Gasteiger partial charge in [-0.25, -0.2) is 9.48 Å². The van der Waals surface area contributed by atoms with Crippen LogP contribution >= 0.6 is 0 Å². The Morgan fingerprint density at radius 3 is 2.81 bits per heavy atom. The van der Waals surface area contributed by atoms with Crippen molar-refractivity contribution in [3.05, 3.63) is 11.4 Å². The van der Waals surface area contributed by atoms with Gasteiger partial charge in [0, 0.05) is 32.7 Å². The van der Waals surface area contributed by atoms with Crippen LogP contribution in [-0.2, 0) is 24.4 Å². The van der Waals surface area contributed by atoms with Crippen LogP contribution in [-0.4, -0.2) is 69.1 Å². The number of aromatic nitrogens is 3. The topological polar surface area (TPSA) is 75.5 Å². The first-order valence-corrected chi connectivity index (χ1v) is 9.76. The van der Waals surface area contributed by atoms with Crippen molar-refractivity contribution in [3.63, 3.8) is 0 Å². The molecule has 8 nitrogen and oxygen atoms in total. The third-order valence-electron chi connectivity index (χ3n) is 5.35. The van der Waals surface area contributed by atoms with Gasteiger partial charge in [-0.05, 0) is 26.2 Å². The van der Waals surface area contributed by atoms with Crippen LogP contribution in [0.2, 0.25) is 0 Å². The number of nitrogens with zero attached hydrogens (tertiary/aromatic N) is 5. The molecule has 8 heteroatoms. The monoisotopic (exact) mass is 364 g/mol. The van der Waals surface area contributed by atoms with E-state index in [0.717, 1.165) is 44.0 Å². The molecular weight excluding hydrogens is 332 g/mol. The standard InChI is InChI=1S/C18H32N6O2/c1-5-23(6-2)17(25)19-9-15-16-11-26-18(13-24(16)21-20-15)7-8-22(12-18)10-14(3)4/h14H,5-13H2,1-4H3,(H,19,25). The van der Waals surface area contributed by atoms with E-state index in [-0.39, 0.29) is 11.6 Å². The molecule has 146 valence electrons. The number of hydrogen-bond acceptors (Lipinski definition) is 5. The van der Waals surface area contributed by atoms with Gasteiger partial charge in [-0.3, -0.25) is 0 Å². The maximum atomic E-state index is 12.1. The van der Waals surface area contributed by atoms with Crippen LogP contribution in [0.3, 0.4) is 0 Å². The van der Waals surface area contributed by atoms with E-state index in [2.05, 4.69) is 34.4 Å². The van der Waals surface area contributed by atoms with Gasteiger partial charge in [-0.1, -0.05) is 19.1 Å². The number of carbonyl (C=O) groups is 1. The van der Waals surface area contributed by atoms with Crippen molar-refractivity contribution in [2.24, 2.45) is 5.92 Å². The van der Waals surface area contributed by atoms with E-state index in [1.165, 1.54) is 0 Å². The van der Waals surface area contributed by atoms with Gasteiger partial charge in [-0.2, -0.15) is 0 Å². The van der Waals surface area contributed by atoms with Gasteiger partial charge in [-0.15, -0.1) is 5.10 Å². The molecule has 1 fully saturated rings. The average molecular weight is 364 g/mol. The highest BCUT2D eigenvalue weighted by Gasteiger charge is 2.43. The molecule has 0 aliphatic carbocycles. The smallest absolute Gasteiger partial charge is 0.317 e. The predicted molar refractivity (Wildman–Crippen MR) is 98.6 cm³/mol. The molecule has 0 aromatic carbocycles. The van der Waals surface area contributed by atoms with E-state index in [0.29, 0.717) is 32.2 Å². The zero-order chi connectivity index (χ0) is 18.7. The molecule has 1 aromatic rings. The Morgan fingerprint density at radius 1 is 1.35 bits per heavy atom. The lowest BCUT2D eigenvalue weighted by molar-refractivity contribution is -0.0844. The van der Waals surface area contributed by atoms with Gasteiger partial charge in [0.2, 0.25) is 0 Å². The number of fused-ring (bicyclic) bond motifs is 1. The SMILES string of the molecule is CCN(CC)C(=O)NCc1nnn2c1COC1(CCN(CC(C)C)C1)C2. The summed E-state index contributed by atoms with van der Waals surface area (Å²) in [6, 6.07) is -0.0648. The van der Waals surface area contributed by atoms with E-state index >= 15 is 0 Å². The van der Waals surface area contributed by atoms with Gasteiger partial charge in [0.1, 0.15) is 11.3 Å². The Bertz CT molecular complexity index is 627. The third kappa shape index (κ3) is 4.01. The maximum absolute atomic E-state index is 12.1. The Hall–Kier alpha value is -1.67. The molecule has 2 aliphatic rings. The molecule has 0 radical (unpaired) electrons. The highest BCUT2D eigenvalue weighted by molar-refractivity contribution is 5.74. The highest BCUT2D eigenvalue weighted by Crippen LogP contribution is 2.32. The number of likely N-dealkylation sites (tertiary alicyclic amines) is 1. The molecule has 2 aliphatic heterocycles. The molecule has 26 heavy (non-hydrogen) atoms. The molecule has 1 N–H and O–H groups in total. The molecule has 2 amide bonds. The van der Waals surface area contributed by atoms with Crippen LogP contribution in [0.5, 0.6) is 0 Å². The lowest BCUT2D eigenvalue weighted by atomic mass is 10.0. The van der Waals surface area contributed by atoms with Crippen LogP contribution in [0, 0.1) is 5.92 Å². The molecule has 0 saturated carbocycles. The van der Waals surface area contributed by atoms with Crippen LogP contribution in [0.1, 0.15) is 45.5 Å². The highest BCUT2D eigenvalue weighted by atomic mass is 16.5. The Labute approximate surface area is 155 Å². The van der Waals surface area contributed by atoms with E-state index in [4.69, 9.17) is 4.74 Å². The van der Waals surface area contributed by atoms with E-state index in [1.807, 2.05) is 18.5 Å². The predicted octanol–water partition coefficient (Wildman–Crippen LogP) is 1.46. The number of ether oxygens (including phenoxy) is 1. The Kier molecular flexibility index (Phi) is 5.82. The number of urea groups is 1. The van der Waals surface area contributed by atoms with Crippen LogP contribution < -0.4 is 5.32 Å². The fourth-order valence-corrected chi connectivity index (χ4v) is 3.96. The zero-order valence-electron chi connectivity index (χ0n) is 16.5. The number of carbonyl (C=O) groups excluding carboxylic acids is 1. The quantitative estimate of drug-likeness (QED) is 0.827. The lowest BCUT2D eigenvalue weighted by Gasteiger charge is -2.34. The fraction of sp³-hybridized carbons (Fsp3) is 0.833. The van der Waals surface area contributed by atoms with Crippen LogP contribution in [0.15, 0.2) is 0 Å². The molecular formula is C18H32N6O2. The van der Waals surface area contributed by atoms with E-state index in [9.17, 15) is 4.79 Å². The van der Waals surface area contributed by atoms with Gasteiger partial charge >= 0.3 is 6.03 Å². The summed E-state index contributed by atoms with van der Waals surface area (Å²) >= 11 is 0. The van der Waals surface area contributed by atoms with Crippen molar-refractivity contribution in [2.75, 3.05) is 32.7 Å². The van der Waals surface area contributed by atoms with E-state index < -0.39 is 0 Å². The first-order valence-electron chi connectivity index (χ1n) is 9.76. The minimum Gasteiger partial charge on any atom is -0.365 e. The first-order chi connectivity index (χ1) is 12.5. The number of hydrogen-bond donors (Lipinski definition) is 1. The average Bonchev–Trinajstić information content (AvgIpc) is 3.17. The Morgan fingerprint density at radius 2 is 2.12 bits per heavy atom. The van der Waals surface area contributed by atoms with Crippen LogP contribution in [0.25, 0.3) is 0 Å². The largest absolute Gasteiger partial charge is 0.365 e. The minimum atomic E-state index is -0.142. The second-order valence-electron chi connectivity index (χ2n) is 7.82. The van der Waals surface area contributed by atoms with Crippen LogP contribution in [0.4, 0.5) is 4.79 Å². The van der Waals surface area contributed by atoms with Gasteiger partial charge < -0.3 is 19.9 Å². The van der Waals surface area contributed by atoms with Crippen molar-refractivity contribution < 1.29 is 9.53 Å². The normalized spacial score (nSPS) is 22.8. The molecule has 1 spiro atoms. The molecule has 3 rings (SSSR count). The van der Waals surface area contributed by atoms with Crippen molar-refractivity contribution in [3.8, 4) is 0 Å². The van der Waals surface area contributed by atoms with E-state index in [1.54, 1.807) is 4.90 Å². The molecule has 0 bridgehead atoms. The molecule has 1 saturated heterocycles. The summed E-state index contributed by atoms with van der Waals surface area (Å²) in [7, 11) is 0. The van der Waals surface area contributed by atoms with Gasteiger partial charge in [0.25, 0.3) is 0 Å². The second-order valence-corrected chi connectivity index (χ2v) is 7.82. The molecule has 1 unspecified atom stereocenters. The van der Waals surface area contributed by atoms with Crippen molar-refractivity contribution in [1.29, 1.82) is 0 Å². The molecule has 3 heterocycles. The first kappa shape index (κ1) is 19.1. The van der Waals surface area contributed by atoms with Crippen molar-refractivity contribution in [2.45, 2.75) is 59.4 Å². The molecule has 1 atom stereocenters. The maximum Gasteiger partial charge on any atom is 0.317 e. The minimum absolute atomic E-state index is 0.0648. The summed E-state index contributed by atoms with van der Waals surface area (Å²) in [6.45, 7) is 14.6. The second kappa shape index (κ2) is 7.92. The Balaban J connectivity index is 1.60. The van der Waals surface area contributed by atoms with Gasteiger partial charge in [0.05, 0.1) is 25.4 Å². The fourth-order valence-electron chi connectivity index (χ4n) is 3.96. The van der Waals surface area contributed by atoms with Gasteiger partial charge in [0.15, 0.2) is 0 Å². The number of nitrogens with one attached hydrogen (secondary N) is 1. The summed E-state index contributed by atoms with van der Waals surface area (Å²) in [5, 5.41) is 11.6. The summed E-state index contributed by atoms with van der Waals surface area (Å²) in [5.74, 6) is 0.664. The third-order valence-corrected chi connectivity index (χ3v) is 5.35. The number of rotatable bonds is 6. The molecule has 1 aromatic heterocycles. The lowest BCUT2D eigenvalue weighted by Crippen LogP contribution is -2.45. The summed E-state index contributed by atoms with van der Waals surface area (Å²) in [6.07, 6.45) is 1.03. The summed E-state index contributed by atoms with van der Waals surface area (Å²) < 4.78 is 8.27. The van der Waals surface area contributed by atoms with Crippen molar-refractivity contribution in [1.82, 2.24) is 30.1 Å². The number of amides is 2. The summed E-state index contributed by atoms with van der Waals surface area (Å²) in [4.78, 5) is 16.4. The van der Waals surface area contributed by atoms with Crippen molar-refractivity contribution >= 4 is 6.03 Å².